The molecule has 0 aliphatic carbocycles. The molecule has 1 aromatic heterocycles. The van der Waals surface area contributed by atoms with Gasteiger partial charge in [0.1, 0.15) is 11.3 Å². The second-order valence-electron chi connectivity index (χ2n) is 3.86. The number of carboxylic acid groups (broad SMARTS) is 1. The van der Waals surface area contributed by atoms with E-state index in [2.05, 4.69) is 0 Å². The highest BCUT2D eigenvalue weighted by Crippen LogP contribution is 2.20. The van der Waals surface area contributed by atoms with E-state index in [9.17, 15) is 9.59 Å². The Bertz CT molecular complexity index is 641. The first-order valence-electron chi connectivity index (χ1n) is 5.42. The number of fused-ring (bicyclic) bond motifs is 1. The van der Waals surface area contributed by atoms with Crippen molar-refractivity contribution in [3.05, 3.63) is 40.2 Å². The Morgan fingerprint density at radius 1 is 1.39 bits per heavy atom. The van der Waals surface area contributed by atoms with E-state index in [0.29, 0.717) is 16.9 Å². The molecule has 0 unspecified atom stereocenters. The van der Waals surface area contributed by atoms with Crippen LogP contribution in [0.2, 0.25) is 0 Å². The van der Waals surface area contributed by atoms with E-state index >= 15 is 0 Å². The van der Waals surface area contributed by atoms with Gasteiger partial charge in [0.05, 0.1) is 7.11 Å². The number of ether oxygens (including phenoxy) is 1. The zero-order valence-electron chi connectivity index (χ0n) is 9.80. The van der Waals surface area contributed by atoms with Crippen LogP contribution in [0.15, 0.2) is 33.5 Å². The topological polar surface area (TPSA) is 76.7 Å². The summed E-state index contributed by atoms with van der Waals surface area (Å²) < 4.78 is 10.2. The molecule has 0 saturated heterocycles. The molecule has 5 heteroatoms. The fourth-order valence-electron chi connectivity index (χ4n) is 1.68. The van der Waals surface area contributed by atoms with E-state index in [1.165, 1.54) is 7.11 Å². The fourth-order valence-corrected chi connectivity index (χ4v) is 1.68. The third-order valence-electron chi connectivity index (χ3n) is 2.62. The fraction of sp³-hybridized carbons (Fsp3) is 0.231. The molecular weight excluding hydrogens is 236 g/mol. The van der Waals surface area contributed by atoms with E-state index in [4.69, 9.17) is 14.3 Å². The SMILES string of the molecule is COc1ccc2cc(CCC(=O)O)c(=O)oc2c1. The molecule has 0 fully saturated rings. The number of rotatable bonds is 4. The minimum Gasteiger partial charge on any atom is -0.497 e. The van der Waals surface area contributed by atoms with Crippen LogP contribution in [0.3, 0.4) is 0 Å². The number of benzene rings is 1. The van der Waals surface area contributed by atoms with Crippen molar-refractivity contribution in [2.75, 3.05) is 7.11 Å². The average Bonchev–Trinajstić information content (AvgIpc) is 2.35. The lowest BCUT2D eigenvalue weighted by molar-refractivity contribution is -0.136. The number of methoxy groups -OCH3 is 1. The Morgan fingerprint density at radius 3 is 2.83 bits per heavy atom. The Hall–Kier alpha value is -2.30. The van der Waals surface area contributed by atoms with Gasteiger partial charge in [-0.05, 0) is 24.6 Å². The lowest BCUT2D eigenvalue weighted by atomic mass is 10.1. The summed E-state index contributed by atoms with van der Waals surface area (Å²) in [6.45, 7) is 0. The van der Waals surface area contributed by atoms with Crippen LogP contribution in [0.1, 0.15) is 12.0 Å². The summed E-state index contributed by atoms with van der Waals surface area (Å²) in [5.41, 5.74) is 0.297. The van der Waals surface area contributed by atoms with Gasteiger partial charge in [-0.3, -0.25) is 4.79 Å². The van der Waals surface area contributed by atoms with Crippen LogP contribution >= 0.6 is 0 Å². The van der Waals surface area contributed by atoms with Gasteiger partial charge in [-0.15, -0.1) is 0 Å². The van der Waals surface area contributed by atoms with E-state index < -0.39 is 11.6 Å². The quantitative estimate of drug-likeness (QED) is 0.835. The molecule has 1 aromatic carbocycles. The summed E-state index contributed by atoms with van der Waals surface area (Å²) in [4.78, 5) is 22.1. The van der Waals surface area contributed by atoms with Gasteiger partial charge in [0, 0.05) is 23.4 Å². The van der Waals surface area contributed by atoms with Crippen LogP contribution in [-0.4, -0.2) is 18.2 Å². The van der Waals surface area contributed by atoms with Crippen molar-refractivity contribution in [1.82, 2.24) is 0 Å². The Labute approximate surface area is 103 Å². The smallest absolute Gasteiger partial charge is 0.339 e. The lowest BCUT2D eigenvalue weighted by Crippen LogP contribution is -2.09. The van der Waals surface area contributed by atoms with Crippen LogP contribution in [0.5, 0.6) is 5.75 Å². The number of hydrogen-bond acceptors (Lipinski definition) is 4. The molecule has 0 radical (unpaired) electrons. The molecule has 0 bridgehead atoms. The third kappa shape index (κ3) is 2.51. The lowest BCUT2D eigenvalue weighted by Gasteiger charge is -2.03. The molecule has 0 atom stereocenters. The van der Waals surface area contributed by atoms with Gasteiger partial charge in [-0.1, -0.05) is 0 Å². The minimum atomic E-state index is -0.941. The molecule has 0 aliphatic heterocycles. The molecule has 1 heterocycles. The molecule has 5 nitrogen and oxygen atoms in total. The minimum absolute atomic E-state index is 0.0909. The van der Waals surface area contributed by atoms with Crippen molar-refractivity contribution in [3.8, 4) is 5.75 Å². The van der Waals surface area contributed by atoms with Crippen molar-refractivity contribution >= 4 is 16.9 Å². The number of carboxylic acids is 1. The van der Waals surface area contributed by atoms with Gasteiger partial charge in [-0.2, -0.15) is 0 Å². The monoisotopic (exact) mass is 248 g/mol. The molecule has 2 rings (SSSR count). The maximum atomic E-state index is 11.6. The summed E-state index contributed by atoms with van der Waals surface area (Å²) in [5, 5.41) is 9.34. The molecule has 0 amide bonds. The van der Waals surface area contributed by atoms with Crippen molar-refractivity contribution in [2.24, 2.45) is 0 Å². The number of aryl methyl sites for hydroxylation is 1. The Morgan fingerprint density at radius 2 is 2.17 bits per heavy atom. The summed E-state index contributed by atoms with van der Waals surface area (Å²) in [6, 6.07) is 6.80. The average molecular weight is 248 g/mol. The molecule has 18 heavy (non-hydrogen) atoms. The molecule has 1 N–H and O–H groups in total. The second-order valence-corrected chi connectivity index (χ2v) is 3.86. The van der Waals surface area contributed by atoms with Gasteiger partial charge in [0.15, 0.2) is 0 Å². The van der Waals surface area contributed by atoms with E-state index in [1.807, 2.05) is 0 Å². The van der Waals surface area contributed by atoms with Crippen molar-refractivity contribution in [1.29, 1.82) is 0 Å². The van der Waals surface area contributed by atoms with Crippen LogP contribution in [0.25, 0.3) is 11.0 Å². The highest BCUT2D eigenvalue weighted by molar-refractivity contribution is 5.78. The number of hydrogen-bond donors (Lipinski definition) is 1. The van der Waals surface area contributed by atoms with Gasteiger partial charge in [-0.25, -0.2) is 4.79 Å². The largest absolute Gasteiger partial charge is 0.497 e. The number of aliphatic carboxylic acids is 1. The van der Waals surface area contributed by atoms with Crippen LogP contribution in [0, 0.1) is 0 Å². The van der Waals surface area contributed by atoms with Crippen LogP contribution in [-0.2, 0) is 11.2 Å². The molecular formula is C13H12O5. The van der Waals surface area contributed by atoms with Gasteiger partial charge < -0.3 is 14.3 Å². The molecule has 2 aromatic rings. The molecule has 94 valence electrons. The summed E-state index contributed by atoms with van der Waals surface area (Å²) in [6.07, 6.45) is 0.0755. The highest BCUT2D eigenvalue weighted by atomic mass is 16.5. The first-order chi connectivity index (χ1) is 8.60. The predicted molar refractivity (Wildman–Crippen MR) is 65.0 cm³/mol. The normalized spacial score (nSPS) is 10.5. The summed E-state index contributed by atoms with van der Waals surface area (Å²) in [7, 11) is 1.53. The standard InChI is InChI=1S/C13H12O5/c1-17-10-4-2-8-6-9(3-5-12(14)15)13(16)18-11(8)7-10/h2,4,6-7H,3,5H2,1H3,(H,14,15). The van der Waals surface area contributed by atoms with Crippen molar-refractivity contribution < 1.29 is 19.1 Å². The second kappa shape index (κ2) is 4.91. The van der Waals surface area contributed by atoms with Gasteiger partial charge >= 0.3 is 11.6 Å². The van der Waals surface area contributed by atoms with Gasteiger partial charge in [0.25, 0.3) is 0 Å². The molecule has 0 saturated carbocycles. The van der Waals surface area contributed by atoms with E-state index in [-0.39, 0.29) is 12.8 Å². The maximum absolute atomic E-state index is 11.6. The van der Waals surface area contributed by atoms with Crippen molar-refractivity contribution in [3.63, 3.8) is 0 Å². The van der Waals surface area contributed by atoms with Crippen LogP contribution in [0.4, 0.5) is 0 Å². The zero-order valence-corrected chi connectivity index (χ0v) is 9.80. The molecule has 0 spiro atoms. The van der Waals surface area contributed by atoms with Crippen LogP contribution < -0.4 is 10.4 Å². The first kappa shape index (κ1) is 12.2. The van der Waals surface area contributed by atoms with E-state index in [1.54, 1.807) is 24.3 Å². The van der Waals surface area contributed by atoms with E-state index in [0.717, 1.165) is 5.39 Å². The van der Waals surface area contributed by atoms with Gasteiger partial charge in [0.2, 0.25) is 0 Å². The third-order valence-corrected chi connectivity index (χ3v) is 2.62. The number of carbonyl (C=O) groups is 1. The van der Waals surface area contributed by atoms with Crippen molar-refractivity contribution in [2.45, 2.75) is 12.8 Å². The predicted octanol–water partition coefficient (Wildman–Crippen LogP) is 1.82. The zero-order chi connectivity index (χ0) is 13.1. The molecule has 0 aliphatic rings. The summed E-state index contributed by atoms with van der Waals surface area (Å²) in [5.74, 6) is -0.340. The summed E-state index contributed by atoms with van der Waals surface area (Å²) >= 11 is 0. The maximum Gasteiger partial charge on any atom is 0.339 e. The first-order valence-corrected chi connectivity index (χ1v) is 5.42. The Balaban J connectivity index is 2.43. The Kier molecular flexibility index (Phi) is 3.32. The highest BCUT2D eigenvalue weighted by Gasteiger charge is 2.08.